The van der Waals surface area contributed by atoms with Gasteiger partial charge in [0.05, 0.1) is 6.54 Å². The normalized spacial score (nSPS) is 10.2. The zero-order valence-electron chi connectivity index (χ0n) is 12.6. The van der Waals surface area contributed by atoms with Crippen LogP contribution in [0.4, 0.5) is 11.6 Å². The van der Waals surface area contributed by atoms with Gasteiger partial charge in [-0.15, -0.1) is 0 Å². The monoisotopic (exact) mass is 297 g/mol. The van der Waals surface area contributed by atoms with E-state index in [1.807, 2.05) is 38.0 Å². The number of thioether (sulfide) groups is 1. The number of likely N-dealkylation sites (N-methyl/N-ethyl adjacent to an activating group) is 2. The number of hydrogen-bond acceptors (Lipinski definition) is 6. The molecule has 6 nitrogen and oxygen atoms in total. The van der Waals surface area contributed by atoms with Crippen LogP contribution in [0, 0.1) is 0 Å². The van der Waals surface area contributed by atoms with Crippen molar-refractivity contribution in [2.75, 3.05) is 42.7 Å². The third-order valence-electron chi connectivity index (χ3n) is 2.65. The average Bonchev–Trinajstić information content (AvgIpc) is 2.45. The minimum absolute atomic E-state index is 0.00339. The molecule has 0 aliphatic rings. The summed E-state index contributed by atoms with van der Waals surface area (Å²) in [7, 11) is 0. The molecule has 7 heteroatoms. The molecule has 0 spiro atoms. The second-order valence-electron chi connectivity index (χ2n) is 4.10. The Balaban J connectivity index is 2.95. The van der Waals surface area contributed by atoms with Gasteiger partial charge in [0.25, 0.3) is 0 Å². The molecular weight excluding hydrogens is 274 g/mol. The molecule has 0 unspecified atom stereocenters. The minimum atomic E-state index is 0.00339. The van der Waals surface area contributed by atoms with E-state index in [2.05, 4.69) is 20.6 Å². The highest BCUT2D eigenvalue weighted by Crippen LogP contribution is 2.20. The van der Waals surface area contributed by atoms with Gasteiger partial charge in [0, 0.05) is 25.7 Å². The Hall–Kier alpha value is -1.50. The Labute approximate surface area is 124 Å². The van der Waals surface area contributed by atoms with E-state index in [1.165, 1.54) is 11.8 Å². The number of hydrogen-bond donors (Lipinski definition) is 2. The second-order valence-corrected chi connectivity index (χ2v) is 4.87. The fourth-order valence-corrected chi connectivity index (χ4v) is 2.09. The van der Waals surface area contributed by atoms with E-state index in [4.69, 9.17) is 0 Å². The van der Waals surface area contributed by atoms with Crippen LogP contribution in [0.1, 0.15) is 20.8 Å². The largest absolute Gasteiger partial charge is 0.370 e. The lowest BCUT2D eigenvalue weighted by atomic mass is 10.4. The van der Waals surface area contributed by atoms with Gasteiger partial charge in [-0.3, -0.25) is 4.79 Å². The SMILES string of the molecule is CCNC(=O)CN(CC)c1cc(NCC)nc(SC)n1. The summed E-state index contributed by atoms with van der Waals surface area (Å²) in [6.45, 7) is 8.40. The molecule has 0 bridgehead atoms. The molecule has 1 rings (SSSR count). The summed E-state index contributed by atoms with van der Waals surface area (Å²) >= 11 is 1.49. The second kappa shape index (κ2) is 8.63. The molecule has 0 saturated carbocycles. The summed E-state index contributed by atoms with van der Waals surface area (Å²) < 4.78 is 0. The standard InChI is InChI=1S/C13H23N5OS/c1-5-14-10-8-11(17-13(16-10)20-4)18(7-3)9-12(19)15-6-2/h8H,5-7,9H2,1-4H3,(H,15,19)(H,14,16,17). The molecule has 1 heterocycles. The highest BCUT2D eigenvalue weighted by molar-refractivity contribution is 7.98. The quantitative estimate of drug-likeness (QED) is 0.561. The topological polar surface area (TPSA) is 70.2 Å². The molecule has 0 atom stereocenters. The molecule has 1 amide bonds. The molecule has 20 heavy (non-hydrogen) atoms. The van der Waals surface area contributed by atoms with Crippen LogP contribution in [0.5, 0.6) is 0 Å². The highest BCUT2D eigenvalue weighted by atomic mass is 32.2. The fourth-order valence-electron chi connectivity index (χ4n) is 1.72. The van der Waals surface area contributed by atoms with Gasteiger partial charge in [-0.05, 0) is 27.0 Å². The van der Waals surface area contributed by atoms with Crippen LogP contribution in [0.3, 0.4) is 0 Å². The van der Waals surface area contributed by atoms with Gasteiger partial charge in [0.1, 0.15) is 11.6 Å². The van der Waals surface area contributed by atoms with Crippen molar-refractivity contribution in [3.8, 4) is 0 Å². The lowest BCUT2D eigenvalue weighted by molar-refractivity contribution is -0.119. The van der Waals surface area contributed by atoms with E-state index in [1.54, 1.807) is 0 Å². The number of nitrogens with zero attached hydrogens (tertiary/aromatic N) is 3. The third kappa shape index (κ3) is 4.88. The van der Waals surface area contributed by atoms with Gasteiger partial charge in [-0.2, -0.15) is 0 Å². The van der Waals surface area contributed by atoms with Crippen molar-refractivity contribution in [1.82, 2.24) is 15.3 Å². The Bertz CT molecular complexity index is 441. The van der Waals surface area contributed by atoms with Gasteiger partial charge in [0.2, 0.25) is 5.91 Å². The number of anilines is 2. The van der Waals surface area contributed by atoms with Crippen LogP contribution >= 0.6 is 11.8 Å². The number of amides is 1. The van der Waals surface area contributed by atoms with E-state index < -0.39 is 0 Å². The first-order valence-electron chi connectivity index (χ1n) is 6.83. The molecule has 1 aromatic heterocycles. The van der Waals surface area contributed by atoms with Crippen molar-refractivity contribution < 1.29 is 4.79 Å². The molecule has 0 aliphatic heterocycles. The number of carbonyl (C=O) groups excluding carboxylic acids is 1. The minimum Gasteiger partial charge on any atom is -0.370 e. The van der Waals surface area contributed by atoms with Gasteiger partial charge in [-0.25, -0.2) is 9.97 Å². The van der Waals surface area contributed by atoms with Gasteiger partial charge in [-0.1, -0.05) is 11.8 Å². The summed E-state index contributed by atoms with van der Waals surface area (Å²) in [5.74, 6) is 1.56. The average molecular weight is 297 g/mol. The molecule has 0 fully saturated rings. The zero-order valence-corrected chi connectivity index (χ0v) is 13.4. The van der Waals surface area contributed by atoms with Crippen molar-refractivity contribution >= 4 is 29.3 Å². The summed E-state index contributed by atoms with van der Waals surface area (Å²) in [6, 6.07) is 1.88. The predicted octanol–water partition coefficient (Wildman–Crippen LogP) is 1.59. The summed E-state index contributed by atoms with van der Waals surface area (Å²) in [5, 5.41) is 6.69. The molecule has 0 aromatic carbocycles. The molecular formula is C13H23N5OS. The number of carbonyl (C=O) groups is 1. The first-order chi connectivity index (χ1) is 9.64. The van der Waals surface area contributed by atoms with E-state index in [0.29, 0.717) is 24.8 Å². The van der Waals surface area contributed by atoms with Crippen molar-refractivity contribution in [3.63, 3.8) is 0 Å². The Morgan fingerprint density at radius 1 is 1.30 bits per heavy atom. The van der Waals surface area contributed by atoms with E-state index >= 15 is 0 Å². The zero-order chi connectivity index (χ0) is 15.0. The number of nitrogens with one attached hydrogen (secondary N) is 2. The highest BCUT2D eigenvalue weighted by Gasteiger charge is 2.13. The Morgan fingerprint density at radius 3 is 2.60 bits per heavy atom. The maximum Gasteiger partial charge on any atom is 0.239 e. The lowest BCUT2D eigenvalue weighted by Gasteiger charge is -2.22. The van der Waals surface area contributed by atoms with Crippen LogP contribution in [0.25, 0.3) is 0 Å². The third-order valence-corrected chi connectivity index (χ3v) is 3.19. The first-order valence-corrected chi connectivity index (χ1v) is 8.05. The van der Waals surface area contributed by atoms with Crippen LogP contribution in [0.2, 0.25) is 0 Å². The van der Waals surface area contributed by atoms with Crippen LogP contribution in [-0.4, -0.2) is 48.3 Å². The fraction of sp³-hybridized carbons (Fsp3) is 0.615. The lowest BCUT2D eigenvalue weighted by Crippen LogP contribution is -2.37. The molecule has 0 aliphatic carbocycles. The molecule has 112 valence electrons. The van der Waals surface area contributed by atoms with E-state index in [0.717, 1.165) is 18.2 Å². The molecule has 1 aromatic rings. The van der Waals surface area contributed by atoms with Crippen molar-refractivity contribution in [2.45, 2.75) is 25.9 Å². The Kier molecular flexibility index (Phi) is 7.14. The van der Waals surface area contributed by atoms with E-state index in [9.17, 15) is 4.79 Å². The van der Waals surface area contributed by atoms with Crippen molar-refractivity contribution in [1.29, 1.82) is 0 Å². The predicted molar refractivity (Wildman–Crippen MR) is 84.5 cm³/mol. The van der Waals surface area contributed by atoms with Crippen LogP contribution in [-0.2, 0) is 4.79 Å². The summed E-state index contributed by atoms with van der Waals surface area (Å²) in [4.78, 5) is 22.5. The summed E-state index contributed by atoms with van der Waals surface area (Å²) in [5.41, 5.74) is 0. The number of aromatic nitrogens is 2. The number of rotatable bonds is 8. The smallest absolute Gasteiger partial charge is 0.239 e. The van der Waals surface area contributed by atoms with E-state index in [-0.39, 0.29) is 5.91 Å². The van der Waals surface area contributed by atoms with Crippen molar-refractivity contribution in [2.24, 2.45) is 0 Å². The van der Waals surface area contributed by atoms with Gasteiger partial charge >= 0.3 is 0 Å². The van der Waals surface area contributed by atoms with Gasteiger partial charge < -0.3 is 15.5 Å². The molecule has 2 N–H and O–H groups in total. The first kappa shape index (κ1) is 16.6. The molecule has 0 radical (unpaired) electrons. The summed E-state index contributed by atoms with van der Waals surface area (Å²) in [6.07, 6.45) is 1.94. The Morgan fingerprint density at radius 2 is 2.05 bits per heavy atom. The van der Waals surface area contributed by atoms with Crippen molar-refractivity contribution in [3.05, 3.63) is 6.07 Å². The maximum absolute atomic E-state index is 11.7. The molecule has 0 saturated heterocycles. The maximum atomic E-state index is 11.7. The van der Waals surface area contributed by atoms with Crippen LogP contribution in [0.15, 0.2) is 11.2 Å². The van der Waals surface area contributed by atoms with Crippen LogP contribution < -0.4 is 15.5 Å². The van der Waals surface area contributed by atoms with Gasteiger partial charge in [0.15, 0.2) is 5.16 Å².